The van der Waals surface area contributed by atoms with Crippen molar-refractivity contribution in [2.75, 3.05) is 0 Å². The average molecular weight is 425 g/mol. The average Bonchev–Trinajstić information content (AvgIpc) is 2.74. The van der Waals surface area contributed by atoms with Crippen LogP contribution < -0.4 is 10.5 Å². The number of ether oxygens (including phenoxy) is 1. The molecule has 3 rings (SSSR count). The van der Waals surface area contributed by atoms with Crippen molar-refractivity contribution in [2.24, 2.45) is 5.14 Å². The molecule has 1 amide bonds. The minimum absolute atomic E-state index is 0.0273. The molecule has 0 aliphatic carbocycles. The Morgan fingerprint density at radius 1 is 0.767 bits per heavy atom. The zero-order valence-corrected chi connectivity index (χ0v) is 17.3. The van der Waals surface area contributed by atoms with Crippen LogP contribution in [0, 0.1) is 0 Å². The van der Waals surface area contributed by atoms with Crippen molar-refractivity contribution in [3.63, 3.8) is 0 Å². The van der Waals surface area contributed by atoms with Gasteiger partial charge < -0.3 is 10.1 Å². The summed E-state index contributed by atoms with van der Waals surface area (Å²) in [6, 6.07) is 23.9. The van der Waals surface area contributed by atoms with Crippen LogP contribution in [0.1, 0.15) is 22.3 Å². The van der Waals surface area contributed by atoms with E-state index < -0.39 is 10.0 Å². The van der Waals surface area contributed by atoms with E-state index in [-0.39, 0.29) is 17.2 Å². The minimum Gasteiger partial charge on any atom is -0.372 e. The van der Waals surface area contributed by atoms with Gasteiger partial charge in [-0.1, -0.05) is 66.7 Å². The first-order valence-electron chi connectivity index (χ1n) is 9.48. The molecule has 3 aromatic rings. The summed E-state index contributed by atoms with van der Waals surface area (Å²) in [5, 5.41) is 7.93. The van der Waals surface area contributed by atoms with Crippen molar-refractivity contribution < 1.29 is 17.9 Å². The number of rotatable bonds is 9. The largest absolute Gasteiger partial charge is 0.372 e. The van der Waals surface area contributed by atoms with Crippen LogP contribution in [0.2, 0.25) is 0 Å². The fourth-order valence-corrected chi connectivity index (χ4v) is 3.38. The lowest BCUT2D eigenvalue weighted by molar-refractivity contribution is -0.120. The fraction of sp³-hybridized carbons (Fsp3) is 0.174. The van der Waals surface area contributed by atoms with Crippen molar-refractivity contribution in [2.45, 2.75) is 31.1 Å². The summed E-state index contributed by atoms with van der Waals surface area (Å²) < 4.78 is 28.3. The maximum atomic E-state index is 12.1. The number of amides is 1. The molecular formula is C23H24N2O4S. The first kappa shape index (κ1) is 21.7. The van der Waals surface area contributed by atoms with Crippen LogP contribution >= 0.6 is 0 Å². The third kappa shape index (κ3) is 6.81. The molecule has 0 unspecified atom stereocenters. The normalized spacial score (nSPS) is 11.2. The van der Waals surface area contributed by atoms with Crippen LogP contribution in [-0.2, 0) is 45.7 Å². The summed E-state index contributed by atoms with van der Waals surface area (Å²) in [5.74, 6) is -0.145. The Hall–Kier alpha value is -3.00. The van der Waals surface area contributed by atoms with Gasteiger partial charge in [0.1, 0.15) is 0 Å². The maximum absolute atomic E-state index is 12.1. The lowest BCUT2D eigenvalue weighted by Crippen LogP contribution is -2.24. The number of hydrogen-bond acceptors (Lipinski definition) is 4. The van der Waals surface area contributed by atoms with Crippen LogP contribution in [0.15, 0.2) is 83.8 Å². The predicted molar refractivity (Wildman–Crippen MR) is 115 cm³/mol. The van der Waals surface area contributed by atoms with E-state index in [1.165, 1.54) is 12.1 Å². The van der Waals surface area contributed by atoms with Gasteiger partial charge >= 0.3 is 0 Å². The summed E-state index contributed by atoms with van der Waals surface area (Å²) in [4.78, 5) is 12.2. The van der Waals surface area contributed by atoms with E-state index in [9.17, 15) is 13.2 Å². The molecule has 7 heteroatoms. The second kappa shape index (κ2) is 10.2. The Morgan fingerprint density at radius 3 is 1.90 bits per heavy atom. The molecule has 6 nitrogen and oxygen atoms in total. The van der Waals surface area contributed by atoms with Gasteiger partial charge in [-0.25, -0.2) is 13.6 Å². The van der Waals surface area contributed by atoms with E-state index in [4.69, 9.17) is 9.88 Å². The van der Waals surface area contributed by atoms with Crippen molar-refractivity contribution in [1.82, 2.24) is 5.32 Å². The van der Waals surface area contributed by atoms with Gasteiger partial charge in [-0.05, 0) is 34.4 Å². The molecule has 0 fully saturated rings. The van der Waals surface area contributed by atoms with Crippen molar-refractivity contribution >= 4 is 15.9 Å². The summed E-state index contributed by atoms with van der Waals surface area (Å²) in [7, 11) is -3.73. The van der Waals surface area contributed by atoms with Crippen LogP contribution in [0.5, 0.6) is 0 Å². The van der Waals surface area contributed by atoms with Crippen molar-refractivity contribution in [3.05, 3.63) is 101 Å². The van der Waals surface area contributed by atoms with Crippen LogP contribution in [0.4, 0.5) is 0 Å². The summed E-state index contributed by atoms with van der Waals surface area (Å²) in [6.45, 7) is 1.51. The quantitative estimate of drug-likeness (QED) is 0.552. The van der Waals surface area contributed by atoms with E-state index in [0.29, 0.717) is 25.3 Å². The van der Waals surface area contributed by atoms with E-state index >= 15 is 0 Å². The standard InChI is InChI=1S/C23H24N2O4S/c24-30(27,28)22-12-10-18(11-13-22)14-23(26)25-15-19-6-8-21(9-7-19)17-29-16-20-4-2-1-3-5-20/h1-13H,14-17H2,(H,25,26)(H2,24,27,28). The Balaban J connectivity index is 1.42. The number of nitrogens with two attached hydrogens (primary N) is 1. The highest BCUT2D eigenvalue weighted by molar-refractivity contribution is 7.89. The predicted octanol–water partition coefficient (Wildman–Crippen LogP) is 2.91. The van der Waals surface area contributed by atoms with Crippen LogP contribution in [0.25, 0.3) is 0 Å². The van der Waals surface area contributed by atoms with Gasteiger partial charge in [-0.3, -0.25) is 4.79 Å². The Bertz CT molecular complexity index is 1060. The molecule has 156 valence electrons. The SMILES string of the molecule is NS(=O)(=O)c1ccc(CC(=O)NCc2ccc(COCc3ccccc3)cc2)cc1. The van der Waals surface area contributed by atoms with Gasteiger partial charge in [0.15, 0.2) is 0 Å². The van der Waals surface area contributed by atoms with E-state index in [2.05, 4.69) is 5.32 Å². The van der Waals surface area contributed by atoms with Crippen LogP contribution in [-0.4, -0.2) is 14.3 Å². The third-order valence-electron chi connectivity index (χ3n) is 4.51. The molecule has 0 heterocycles. The Labute approximate surface area is 176 Å². The number of carbonyl (C=O) groups is 1. The second-order valence-corrected chi connectivity index (χ2v) is 8.50. The highest BCUT2D eigenvalue weighted by Crippen LogP contribution is 2.10. The highest BCUT2D eigenvalue weighted by atomic mass is 32.2. The number of nitrogens with one attached hydrogen (secondary N) is 1. The smallest absolute Gasteiger partial charge is 0.238 e. The molecule has 0 aliphatic heterocycles. The minimum atomic E-state index is -3.73. The lowest BCUT2D eigenvalue weighted by Gasteiger charge is -2.08. The molecule has 3 N–H and O–H groups in total. The summed E-state index contributed by atoms with van der Waals surface area (Å²) >= 11 is 0. The van der Waals surface area contributed by atoms with Gasteiger partial charge in [0.25, 0.3) is 0 Å². The molecule has 0 saturated carbocycles. The second-order valence-electron chi connectivity index (χ2n) is 6.94. The van der Waals surface area contributed by atoms with Gasteiger partial charge in [0, 0.05) is 6.54 Å². The van der Waals surface area contributed by atoms with E-state index in [1.54, 1.807) is 12.1 Å². The Morgan fingerprint density at radius 2 is 1.30 bits per heavy atom. The molecule has 0 saturated heterocycles. The summed E-state index contributed by atoms with van der Waals surface area (Å²) in [5.41, 5.74) is 3.90. The number of hydrogen-bond donors (Lipinski definition) is 2. The van der Waals surface area contributed by atoms with Gasteiger partial charge in [0.05, 0.1) is 24.5 Å². The number of sulfonamides is 1. The molecule has 0 atom stereocenters. The van der Waals surface area contributed by atoms with Gasteiger partial charge in [0.2, 0.25) is 15.9 Å². The van der Waals surface area contributed by atoms with Gasteiger partial charge in [-0.2, -0.15) is 0 Å². The third-order valence-corrected chi connectivity index (χ3v) is 5.44. The lowest BCUT2D eigenvalue weighted by atomic mass is 10.1. The monoisotopic (exact) mass is 424 g/mol. The zero-order chi connectivity index (χ0) is 21.4. The molecule has 0 radical (unpaired) electrons. The molecule has 3 aromatic carbocycles. The number of benzene rings is 3. The first-order chi connectivity index (χ1) is 14.4. The van der Waals surface area contributed by atoms with Gasteiger partial charge in [-0.15, -0.1) is 0 Å². The van der Waals surface area contributed by atoms with Crippen molar-refractivity contribution in [3.8, 4) is 0 Å². The Kier molecular flexibility index (Phi) is 7.35. The number of carbonyl (C=O) groups excluding carboxylic acids is 1. The molecule has 0 aliphatic rings. The highest BCUT2D eigenvalue weighted by Gasteiger charge is 2.08. The molecule has 0 aromatic heterocycles. The molecule has 30 heavy (non-hydrogen) atoms. The summed E-state index contributed by atoms with van der Waals surface area (Å²) in [6.07, 6.45) is 0.163. The first-order valence-corrected chi connectivity index (χ1v) is 11.0. The van der Waals surface area contributed by atoms with Crippen molar-refractivity contribution in [1.29, 1.82) is 0 Å². The molecule has 0 spiro atoms. The maximum Gasteiger partial charge on any atom is 0.238 e. The molecule has 0 bridgehead atoms. The molecular weight excluding hydrogens is 400 g/mol. The van der Waals surface area contributed by atoms with E-state index in [0.717, 1.165) is 16.7 Å². The zero-order valence-electron chi connectivity index (χ0n) is 16.5. The van der Waals surface area contributed by atoms with Crippen LogP contribution in [0.3, 0.4) is 0 Å². The fourth-order valence-electron chi connectivity index (χ4n) is 2.86. The topological polar surface area (TPSA) is 98.5 Å². The number of primary sulfonamides is 1. The van der Waals surface area contributed by atoms with E-state index in [1.807, 2.05) is 54.6 Å².